The zero-order chi connectivity index (χ0) is 14.0. The maximum Gasteiger partial charge on any atom is 0.0628 e. The topological polar surface area (TPSA) is 35.5 Å². The van der Waals surface area contributed by atoms with Crippen molar-refractivity contribution in [3.05, 3.63) is 35.4 Å². The number of hydrogen-bond acceptors (Lipinski definition) is 3. The van der Waals surface area contributed by atoms with Crippen molar-refractivity contribution in [1.29, 1.82) is 0 Å². The minimum atomic E-state index is -0.0853. The Balaban J connectivity index is 1.68. The highest BCUT2D eigenvalue weighted by Gasteiger charge is 2.45. The number of hydrogen-bond donors (Lipinski definition) is 2. The van der Waals surface area contributed by atoms with E-state index in [2.05, 4.69) is 41.4 Å². The van der Waals surface area contributed by atoms with Crippen molar-refractivity contribution in [2.75, 3.05) is 19.7 Å². The maximum absolute atomic E-state index is 10.0. The monoisotopic (exact) mass is 274 g/mol. The third-order valence-corrected chi connectivity index (χ3v) is 4.78. The van der Waals surface area contributed by atoms with Gasteiger partial charge in [-0.05, 0) is 42.9 Å². The Morgan fingerprint density at radius 1 is 1.25 bits per heavy atom. The second kappa shape index (κ2) is 5.84. The van der Waals surface area contributed by atoms with Crippen molar-refractivity contribution in [1.82, 2.24) is 10.2 Å². The minimum absolute atomic E-state index is 0.0853. The molecule has 1 saturated carbocycles. The average Bonchev–Trinajstić information content (AvgIpc) is 3.24. The molecule has 1 aromatic carbocycles. The smallest absolute Gasteiger partial charge is 0.0628 e. The molecular formula is C17H26N2O. The molecule has 1 aromatic rings. The first-order chi connectivity index (χ1) is 9.77. The predicted molar refractivity (Wildman–Crippen MR) is 81.4 cm³/mol. The molecule has 0 saturated heterocycles. The zero-order valence-electron chi connectivity index (χ0n) is 12.4. The molecule has 1 heterocycles. The summed E-state index contributed by atoms with van der Waals surface area (Å²) in [6.07, 6.45) is 3.64. The van der Waals surface area contributed by atoms with E-state index < -0.39 is 0 Å². The second-order valence-electron chi connectivity index (χ2n) is 6.43. The van der Waals surface area contributed by atoms with E-state index in [0.29, 0.717) is 5.92 Å². The molecule has 0 amide bonds. The predicted octanol–water partition coefficient (Wildman–Crippen LogP) is 2.14. The molecule has 3 rings (SSSR count). The van der Waals surface area contributed by atoms with Gasteiger partial charge >= 0.3 is 0 Å². The molecule has 0 bridgehead atoms. The molecular weight excluding hydrogens is 248 g/mol. The van der Waals surface area contributed by atoms with Gasteiger partial charge in [0, 0.05) is 19.6 Å². The van der Waals surface area contributed by atoms with Crippen molar-refractivity contribution < 1.29 is 5.11 Å². The Labute approximate surface area is 122 Å². The lowest BCUT2D eigenvalue weighted by Gasteiger charge is -2.37. The summed E-state index contributed by atoms with van der Waals surface area (Å²) in [6, 6.07) is 8.70. The molecule has 1 aliphatic carbocycles. The third kappa shape index (κ3) is 2.76. The molecule has 1 atom stereocenters. The Morgan fingerprint density at radius 3 is 2.40 bits per heavy atom. The first-order valence-corrected chi connectivity index (χ1v) is 7.92. The summed E-state index contributed by atoms with van der Waals surface area (Å²) in [7, 11) is 0. The van der Waals surface area contributed by atoms with Crippen LogP contribution in [0.3, 0.4) is 0 Å². The summed E-state index contributed by atoms with van der Waals surface area (Å²) in [5.74, 6) is 0.655. The lowest BCUT2D eigenvalue weighted by molar-refractivity contribution is 0.0894. The molecule has 0 aromatic heterocycles. The quantitative estimate of drug-likeness (QED) is 0.799. The van der Waals surface area contributed by atoms with Crippen LogP contribution in [-0.4, -0.2) is 35.2 Å². The van der Waals surface area contributed by atoms with Gasteiger partial charge in [-0.2, -0.15) is 0 Å². The molecule has 1 unspecified atom stereocenters. The summed E-state index contributed by atoms with van der Waals surface area (Å²) in [4.78, 5) is 2.49. The molecule has 1 aliphatic heterocycles. The number of nitrogens with one attached hydrogen (secondary N) is 1. The zero-order valence-corrected chi connectivity index (χ0v) is 12.4. The first-order valence-electron chi connectivity index (χ1n) is 7.92. The number of fused-ring (bicyclic) bond motifs is 1. The van der Waals surface area contributed by atoms with Crippen molar-refractivity contribution >= 4 is 0 Å². The van der Waals surface area contributed by atoms with E-state index in [1.54, 1.807) is 0 Å². The van der Waals surface area contributed by atoms with E-state index in [4.69, 9.17) is 0 Å². The number of aliphatic hydroxyl groups is 1. The Morgan fingerprint density at radius 2 is 1.90 bits per heavy atom. The van der Waals surface area contributed by atoms with Gasteiger partial charge < -0.3 is 10.4 Å². The van der Waals surface area contributed by atoms with Gasteiger partial charge in [0.2, 0.25) is 0 Å². The fourth-order valence-corrected chi connectivity index (χ4v) is 3.49. The van der Waals surface area contributed by atoms with Crippen LogP contribution in [-0.2, 0) is 13.1 Å². The van der Waals surface area contributed by atoms with E-state index in [1.807, 2.05) is 0 Å². The van der Waals surface area contributed by atoms with E-state index in [-0.39, 0.29) is 12.1 Å². The van der Waals surface area contributed by atoms with E-state index in [1.165, 1.54) is 24.0 Å². The fourth-order valence-electron chi connectivity index (χ4n) is 3.49. The first kappa shape index (κ1) is 14.1. The van der Waals surface area contributed by atoms with Gasteiger partial charge in [-0.3, -0.25) is 4.90 Å². The van der Waals surface area contributed by atoms with Crippen LogP contribution in [0.15, 0.2) is 24.3 Å². The molecule has 1 fully saturated rings. The lowest BCUT2D eigenvalue weighted by Crippen LogP contribution is -2.57. The molecule has 110 valence electrons. The normalized spacial score (nSPS) is 21.7. The Hall–Kier alpha value is -0.900. The highest BCUT2D eigenvalue weighted by atomic mass is 16.3. The highest BCUT2D eigenvalue weighted by Crippen LogP contribution is 2.41. The molecule has 2 aliphatic rings. The van der Waals surface area contributed by atoms with Gasteiger partial charge in [0.25, 0.3) is 0 Å². The Kier molecular flexibility index (Phi) is 4.11. The van der Waals surface area contributed by atoms with Crippen LogP contribution in [0.1, 0.15) is 37.3 Å². The molecule has 3 nitrogen and oxygen atoms in total. The molecule has 20 heavy (non-hydrogen) atoms. The average molecular weight is 274 g/mol. The maximum atomic E-state index is 10.0. The largest absolute Gasteiger partial charge is 0.394 e. The minimum Gasteiger partial charge on any atom is -0.394 e. The number of rotatable bonds is 7. The van der Waals surface area contributed by atoms with Crippen LogP contribution < -0.4 is 5.32 Å². The third-order valence-electron chi connectivity index (χ3n) is 4.78. The number of benzene rings is 1. The summed E-state index contributed by atoms with van der Waals surface area (Å²) < 4.78 is 0. The van der Waals surface area contributed by atoms with Crippen molar-refractivity contribution in [2.45, 2.75) is 44.8 Å². The van der Waals surface area contributed by atoms with Crippen LogP contribution in [0, 0.1) is 5.92 Å². The molecule has 0 spiro atoms. The van der Waals surface area contributed by atoms with E-state index >= 15 is 0 Å². The summed E-state index contributed by atoms with van der Waals surface area (Å²) >= 11 is 0. The van der Waals surface area contributed by atoms with E-state index in [9.17, 15) is 5.11 Å². The van der Waals surface area contributed by atoms with Crippen LogP contribution in [0.5, 0.6) is 0 Å². The van der Waals surface area contributed by atoms with Crippen LogP contribution in [0.2, 0.25) is 0 Å². The standard InChI is InChI=1S/C17H26N2O/c1-2-9-18-17(13-20,16-7-8-16)12-19-10-14-5-3-4-6-15(14)11-19/h3-6,16,18,20H,2,7-13H2,1H3. The van der Waals surface area contributed by atoms with Gasteiger partial charge in [-0.1, -0.05) is 31.2 Å². The van der Waals surface area contributed by atoms with Gasteiger partial charge in [0.1, 0.15) is 0 Å². The van der Waals surface area contributed by atoms with Crippen LogP contribution in [0.25, 0.3) is 0 Å². The molecule has 3 heteroatoms. The molecule has 2 N–H and O–H groups in total. The summed E-state index contributed by atoms with van der Waals surface area (Å²) in [5, 5.41) is 13.7. The number of aliphatic hydroxyl groups excluding tert-OH is 1. The molecule has 0 radical (unpaired) electrons. The van der Waals surface area contributed by atoms with Gasteiger partial charge in [0.05, 0.1) is 12.1 Å². The van der Waals surface area contributed by atoms with Crippen molar-refractivity contribution in [3.8, 4) is 0 Å². The van der Waals surface area contributed by atoms with Crippen molar-refractivity contribution in [2.24, 2.45) is 5.92 Å². The summed E-state index contributed by atoms with van der Waals surface area (Å²) in [6.45, 7) is 6.45. The summed E-state index contributed by atoms with van der Waals surface area (Å²) in [5.41, 5.74) is 2.81. The van der Waals surface area contributed by atoms with Gasteiger partial charge in [0.15, 0.2) is 0 Å². The van der Waals surface area contributed by atoms with Crippen LogP contribution >= 0.6 is 0 Å². The SMILES string of the molecule is CCCNC(CO)(CN1Cc2ccccc2C1)C1CC1. The lowest BCUT2D eigenvalue weighted by atomic mass is 9.93. The number of nitrogens with zero attached hydrogens (tertiary/aromatic N) is 1. The Bertz CT molecular complexity index is 433. The fraction of sp³-hybridized carbons (Fsp3) is 0.647. The van der Waals surface area contributed by atoms with Crippen LogP contribution in [0.4, 0.5) is 0 Å². The van der Waals surface area contributed by atoms with E-state index in [0.717, 1.165) is 32.6 Å². The van der Waals surface area contributed by atoms with Crippen molar-refractivity contribution in [3.63, 3.8) is 0 Å². The van der Waals surface area contributed by atoms with Gasteiger partial charge in [-0.25, -0.2) is 0 Å². The van der Waals surface area contributed by atoms with Gasteiger partial charge in [-0.15, -0.1) is 0 Å². The second-order valence-corrected chi connectivity index (χ2v) is 6.43. The highest BCUT2D eigenvalue weighted by molar-refractivity contribution is 5.30.